The fourth-order valence-corrected chi connectivity index (χ4v) is 11.9. The molecule has 44 heavy (non-hydrogen) atoms. The molecule has 1 amide bonds. The molecule has 3 saturated carbocycles. The first kappa shape index (κ1) is 30.7. The van der Waals surface area contributed by atoms with Crippen LogP contribution < -0.4 is 0 Å². The van der Waals surface area contributed by atoms with Crippen molar-refractivity contribution < 1.29 is 26.9 Å². The van der Waals surface area contributed by atoms with Gasteiger partial charge in [0.25, 0.3) is 10.1 Å². The van der Waals surface area contributed by atoms with E-state index in [0.29, 0.717) is 36.1 Å². The summed E-state index contributed by atoms with van der Waals surface area (Å²) in [7, 11) is -3.43. The first-order chi connectivity index (χ1) is 20.9. The second-order valence-corrected chi connectivity index (χ2v) is 17.2. The quantitative estimate of drug-likeness (QED) is 0.262. The van der Waals surface area contributed by atoms with Gasteiger partial charge in [0.1, 0.15) is 6.61 Å². The second kappa shape index (κ2) is 11.1. The molecule has 5 fully saturated rings. The third-order valence-electron chi connectivity index (χ3n) is 13.3. The van der Waals surface area contributed by atoms with Crippen molar-refractivity contribution in [3.05, 3.63) is 47.0 Å². The molecule has 0 radical (unpaired) electrons. The van der Waals surface area contributed by atoms with Crippen LogP contribution in [0.1, 0.15) is 91.0 Å². The van der Waals surface area contributed by atoms with Gasteiger partial charge in [-0.1, -0.05) is 56.7 Å². The summed E-state index contributed by atoms with van der Waals surface area (Å²) in [6.07, 6.45) is 10.2. The predicted molar refractivity (Wildman–Crippen MR) is 169 cm³/mol. The number of benzene rings is 1. The average Bonchev–Trinajstić information content (AvgIpc) is 3.50. The predicted octanol–water partition coefficient (Wildman–Crippen LogP) is 7.11. The lowest BCUT2D eigenvalue weighted by atomic mass is 9.52. The van der Waals surface area contributed by atoms with Gasteiger partial charge in [-0.3, -0.25) is 4.18 Å². The largest absolute Gasteiger partial charge is 0.445 e. The van der Waals surface area contributed by atoms with Crippen LogP contribution in [-0.4, -0.2) is 56.1 Å². The van der Waals surface area contributed by atoms with Crippen LogP contribution in [0, 0.1) is 40.9 Å². The molecule has 2 heterocycles. The van der Waals surface area contributed by atoms with Crippen LogP contribution in [0.4, 0.5) is 4.79 Å². The van der Waals surface area contributed by atoms with Crippen LogP contribution in [0.3, 0.4) is 0 Å². The molecule has 3 unspecified atom stereocenters. The van der Waals surface area contributed by atoms with Crippen molar-refractivity contribution in [2.45, 2.75) is 116 Å². The molecule has 0 N–H and O–H groups in total. The minimum Gasteiger partial charge on any atom is -0.445 e. The van der Waals surface area contributed by atoms with E-state index < -0.39 is 10.1 Å². The Morgan fingerprint density at radius 3 is 2.59 bits per heavy atom. The molecule has 11 atom stereocenters. The zero-order chi connectivity index (χ0) is 31.0. The highest BCUT2D eigenvalue weighted by Crippen LogP contribution is 2.66. The molecule has 4 aliphatic carbocycles. The number of carbonyl (C=O) groups is 1. The Bertz CT molecular complexity index is 1410. The third-order valence-corrected chi connectivity index (χ3v) is 13.9. The number of nitrogens with zero attached hydrogens (tertiary/aromatic N) is 1. The summed E-state index contributed by atoms with van der Waals surface area (Å²) < 4.78 is 42.3. The molecule has 2 saturated heterocycles. The minimum atomic E-state index is -3.43. The van der Waals surface area contributed by atoms with E-state index in [-0.39, 0.29) is 47.9 Å². The third kappa shape index (κ3) is 5.06. The molecule has 1 aromatic rings. The van der Waals surface area contributed by atoms with E-state index in [1.807, 2.05) is 35.2 Å². The lowest BCUT2D eigenvalue weighted by Crippen LogP contribution is -2.54. The number of carbonyl (C=O) groups excluding carboxylic acids is 1. The average molecular weight is 626 g/mol. The molecule has 1 aromatic carbocycles. The zero-order valence-corrected chi connectivity index (χ0v) is 28.0. The SMILES string of the molecule is CC1=C2C[C@H]3C(CC[C@@H]4C[C@@H](OS(C)(=O)=O)CC[C@@]43C)[C@@H]2CCC12O[C@@H]1CC(C)CN(C(=O)OCc3ccccc3)[C@H]1[C@H]2C. The summed E-state index contributed by atoms with van der Waals surface area (Å²) in [5, 5.41) is 0. The van der Waals surface area contributed by atoms with E-state index in [9.17, 15) is 13.2 Å². The summed E-state index contributed by atoms with van der Waals surface area (Å²) in [6, 6.07) is 9.95. The van der Waals surface area contributed by atoms with Gasteiger partial charge >= 0.3 is 6.09 Å². The van der Waals surface area contributed by atoms with Crippen molar-refractivity contribution in [3.8, 4) is 0 Å². The van der Waals surface area contributed by atoms with Crippen molar-refractivity contribution in [1.82, 2.24) is 4.90 Å². The van der Waals surface area contributed by atoms with Crippen LogP contribution in [0.5, 0.6) is 0 Å². The topological polar surface area (TPSA) is 82.1 Å². The van der Waals surface area contributed by atoms with E-state index in [1.54, 1.807) is 5.57 Å². The maximum Gasteiger partial charge on any atom is 0.410 e. The van der Waals surface area contributed by atoms with Crippen molar-refractivity contribution >= 4 is 16.2 Å². The summed E-state index contributed by atoms with van der Waals surface area (Å²) in [5.41, 5.74) is 3.99. The maximum atomic E-state index is 13.6. The van der Waals surface area contributed by atoms with Gasteiger partial charge in [0, 0.05) is 12.5 Å². The van der Waals surface area contributed by atoms with Crippen LogP contribution in [0.25, 0.3) is 0 Å². The number of ether oxygens (including phenoxy) is 2. The van der Waals surface area contributed by atoms with Gasteiger partial charge in [-0.25, -0.2) is 4.79 Å². The summed E-state index contributed by atoms with van der Waals surface area (Å²) >= 11 is 0. The smallest absolute Gasteiger partial charge is 0.410 e. The monoisotopic (exact) mass is 625 g/mol. The number of rotatable bonds is 4. The summed E-state index contributed by atoms with van der Waals surface area (Å²) in [6.45, 7) is 10.4. The molecule has 0 bridgehead atoms. The van der Waals surface area contributed by atoms with Crippen LogP contribution in [0.15, 0.2) is 41.5 Å². The Morgan fingerprint density at radius 1 is 1.07 bits per heavy atom. The number of hydrogen-bond acceptors (Lipinski definition) is 6. The first-order valence-corrected chi connectivity index (χ1v) is 18.9. The van der Waals surface area contributed by atoms with E-state index in [0.717, 1.165) is 50.5 Å². The standard InChI is InChI=1S/C36H51NO6S/c1-22-17-32-33(37(20-22)34(38)41-21-25-9-7-6-8-10-25)24(3)36(42-32)16-14-28-29-12-11-26-18-27(43-44(5,39)40)13-15-35(26,4)31(29)19-30(28)23(36)2/h6-10,22,24,26-29,31-33H,11-21H2,1-5H3/t22?,24-,26-,27+,28+,29?,31+,32-,33+,35+,36?/m1/s1. The zero-order valence-electron chi connectivity index (χ0n) is 27.2. The fourth-order valence-electron chi connectivity index (χ4n) is 11.2. The van der Waals surface area contributed by atoms with E-state index in [1.165, 1.54) is 24.7 Å². The van der Waals surface area contributed by atoms with Crippen LogP contribution in [0.2, 0.25) is 0 Å². The molecule has 1 spiro atoms. The lowest BCUT2D eigenvalue weighted by molar-refractivity contribution is -0.0709. The lowest BCUT2D eigenvalue weighted by Gasteiger charge is -2.54. The van der Waals surface area contributed by atoms with Gasteiger partial charge in [0.2, 0.25) is 0 Å². The molecule has 8 heteroatoms. The van der Waals surface area contributed by atoms with Crippen LogP contribution in [-0.2, 0) is 30.4 Å². The number of fused-ring (bicyclic) bond motifs is 6. The molecule has 242 valence electrons. The second-order valence-electron chi connectivity index (χ2n) is 15.6. The Morgan fingerprint density at radius 2 is 1.84 bits per heavy atom. The van der Waals surface area contributed by atoms with Gasteiger partial charge in [0.15, 0.2) is 0 Å². The van der Waals surface area contributed by atoms with Crippen molar-refractivity contribution in [1.29, 1.82) is 0 Å². The van der Waals surface area contributed by atoms with Crippen molar-refractivity contribution in [2.75, 3.05) is 12.8 Å². The van der Waals surface area contributed by atoms with Gasteiger partial charge in [-0.05, 0) is 111 Å². The van der Waals surface area contributed by atoms with E-state index in [2.05, 4.69) is 27.7 Å². The van der Waals surface area contributed by atoms with Crippen LogP contribution >= 0.6 is 0 Å². The molecular weight excluding hydrogens is 574 g/mol. The van der Waals surface area contributed by atoms with Crippen molar-refractivity contribution in [3.63, 3.8) is 0 Å². The number of amides is 1. The highest BCUT2D eigenvalue weighted by Gasteiger charge is 2.63. The van der Waals surface area contributed by atoms with Crippen molar-refractivity contribution in [2.24, 2.45) is 40.9 Å². The molecule has 6 aliphatic rings. The maximum absolute atomic E-state index is 13.6. The normalized spacial score (nSPS) is 43.3. The highest BCUT2D eigenvalue weighted by molar-refractivity contribution is 7.86. The summed E-state index contributed by atoms with van der Waals surface area (Å²) in [4.78, 5) is 15.6. The van der Waals surface area contributed by atoms with Gasteiger partial charge in [0.05, 0.1) is 30.1 Å². The highest BCUT2D eigenvalue weighted by atomic mass is 32.2. The first-order valence-electron chi connectivity index (χ1n) is 17.1. The van der Waals surface area contributed by atoms with E-state index in [4.69, 9.17) is 13.7 Å². The Labute approximate surface area is 264 Å². The number of allylic oxidation sites excluding steroid dienone is 1. The molecular formula is C36H51NO6S. The molecule has 0 aromatic heterocycles. The Balaban J connectivity index is 1.12. The van der Waals surface area contributed by atoms with Gasteiger partial charge in [-0.15, -0.1) is 0 Å². The van der Waals surface area contributed by atoms with Gasteiger partial charge < -0.3 is 14.4 Å². The summed E-state index contributed by atoms with van der Waals surface area (Å²) in [5.74, 6) is 3.04. The Hall–Kier alpha value is -1.90. The molecule has 7 nitrogen and oxygen atoms in total. The Kier molecular flexibility index (Phi) is 7.77. The van der Waals surface area contributed by atoms with E-state index >= 15 is 0 Å². The number of hydrogen-bond donors (Lipinski definition) is 0. The fraction of sp³-hybridized carbons (Fsp3) is 0.750. The molecule has 7 rings (SSSR count). The number of piperidine rings is 1. The number of likely N-dealkylation sites (tertiary alicyclic amines) is 1. The molecule has 2 aliphatic heterocycles. The minimum absolute atomic E-state index is 0.0253. The van der Waals surface area contributed by atoms with Gasteiger partial charge in [-0.2, -0.15) is 8.42 Å².